The van der Waals surface area contributed by atoms with Crippen molar-refractivity contribution in [1.82, 2.24) is 4.90 Å². The van der Waals surface area contributed by atoms with E-state index in [2.05, 4.69) is 36.1 Å². The van der Waals surface area contributed by atoms with Crippen molar-refractivity contribution in [2.45, 2.75) is 32.4 Å². The molecule has 1 aromatic carbocycles. The van der Waals surface area contributed by atoms with Crippen LogP contribution >= 0.6 is 0 Å². The average Bonchev–Trinajstić information content (AvgIpc) is 3.34. The summed E-state index contributed by atoms with van der Waals surface area (Å²) in [7, 11) is 0. The van der Waals surface area contributed by atoms with Crippen LogP contribution < -0.4 is 10.6 Å². The topological polar surface area (TPSA) is 62.7 Å². The van der Waals surface area contributed by atoms with Crippen LogP contribution in [0.2, 0.25) is 0 Å². The van der Waals surface area contributed by atoms with E-state index in [0.717, 1.165) is 31.5 Å². The van der Waals surface area contributed by atoms with E-state index in [-0.39, 0.29) is 5.91 Å². The molecule has 5 nitrogen and oxygen atoms in total. The Hall–Kier alpha value is -2.27. The predicted molar refractivity (Wildman–Crippen MR) is 97.6 cm³/mol. The highest BCUT2D eigenvalue weighted by Gasteiger charge is 2.31. The quantitative estimate of drug-likeness (QED) is 0.930. The summed E-state index contributed by atoms with van der Waals surface area (Å²) in [5.74, 6) is 0.887. The molecule has 2 aliphatic rings. The minimum Gasteiger partial charge on any atom is -0.459 e. The van der Waals surface area contributed by atoms with Crippen LogP contribution in [-0.2, 0) is 13.0 Å². The zero-order valence-corrected chi connectivity index (χ0v) is 14.6. The molecule has 0 aliphatic carbocycles. The third-order valence-corrected chi connectivity index (χ3v) is 5.54. The summed E-state index contributed by atoms with van der Waals surface area (Å²) in [6, 6.07) is 10.9. The number of nitrogens with zero attached hydrogens (tertiary/aromatic N) is 2. The van der Waals surface area contributed by atoms with Gasteiger partial charge in [0.15, 0.2) is 5.76 Å². The standard InChI is InChI=1S/C20H25N3O2/c1-14-10-16-4-2-3-5-18(16)23(14)13-17-7-9-25-19(17)20(24)22-8-6-15(11-21)12-22/h2-5,7,9,14-15H,6,8,10-13,21H2,1H3/t14-,15-/m0/s1. The van der Waals surface area contributed by atoms with Gasteiger partial charge in [0, 0.05) is 36.9 Å². The molecule has 25 heavy (non-hydrogen) atoms. The van der Waals surface area contributed by atoms with Crippen molar-refractivity contribution in [2.75, 3.05) is 24.5 Å². The maximum atomic E-state index is 12.9. The molecule has 3 heterocycles. The Morgan fingerprint density at radius 3 is 2.96 bits per heavy atom. The van der Waals surface area contributed by atoms with Gasteiger partial charge in [-0.15, -0.1) is 0 Å². The maximum Gasteiger partial charge on any atom is 0.289 e. The van der Waals surface area contributed by atoms with Crippen molar-refractivity contribution in [3.05, 3.63) is 53.5 Å². The summed E-state index contributed by atoms with van der Waals surface area (Å²) >= 11 is 0. The normalized spacial score (nSPS) is 22.5. The first kappa shape index (κ1) is 16.2. The molecule has 132 valence electrons. The van der Waals surface area contributed by atoms with Crippen LogP contribution in [0, 0.1) is 5.92 Å². The first-order valence-electron chi connectivity index (χ1n) is 9.07. The lowest BCUT2D eigenvalue weighted by Crippen LogP contribution is -2.32. The molecule has 5 heteroatoms. The molecule has 2 atom stereocenters. The van der Waals surface area contributed by atoms with Crippen molar-refractivity contribution in [3.8, 4) is 0 Å². The number of nitrogens with two attached hydrogens (primary N) is 1. The van der Waals surface area contributed by atoms with Crippen LogP contribution in [0.15, 0.2) is 41.0 Å². The molecule has 2 N–H and O–H groups in total. The molecule has 1 saturated heterocycles. The van der Waals surface area contributed by atoms with Gasteiger partial charge >= 0.3 is 0 Å². The minimum atomic E-state index is -0.00362. The molecule has 0 unspecified atom stereocenters. The van der Waals surface area contributed by atoms with E-state index in [0.29, 0.717) is 30.8 Å². The number of benzene rings is 1. The van der Waals surface area contributed by atoms with Crippen molar-refractivity contribution >= 4 is 11.6 Å². The van der Waals surface area contributed by atoms with E-state index < -0.39 is 0 Å². The van der Waals surface area contributed by atoms with Crippen LogP contribution in [0.25, 0.3) is 0 Å². The van der Waals surface area contributed by atoms with E-state index in [1.165, 1.54) is 11.3 Å². The number of amides is 1. The molecule has 0 saturated carbocycles. The monoisotopic (exact) mass is 339 g/mol. The lowest BCUT2D eigenvalue weighted by Gasteiger charge is -2.25. The second kappa shape index (κ2) is 6.56. The summed E-state index contributed by atoms with van der Waals surface area (Å²) in [5, 5.41) is 0. The molecular formula is C20H25N3O2. The number of furan rings is 1. The number of rotatable bonds is 4. The van der Waals surface area contributed by atoms with E-state index in [1.54, 1.807) is 6.26 Å². The molecule has 2 aliphatic heterocycles. The molecule has 1 fully saturated rings. The van der Waals surface area contributed by atoms with Crippen molar-refractivity contribution in [1.29, 1.82) is 0 Å². The van der Waals surface area contributed by atoms with Crippen LogP contribution in [0.1, 0.15) is 35.0 Å². The van der Waals surface area contributed by atoms with E-state index in [9.17, 15) is 4.79 Å². The number of hydrogen-bond acceptors (Lipinski definition) is 4. The SMILES string of the molecule is C[C@H]1Cc2ccccc2N1Cc1ccoc1C(=O)N1CC[C@@H](CN)C1. The Morgan fingerprint density at radius 1 is 1.32 bits per heavy atom. The number of hydrogen-bond donors (Lipinski definition) is 1. The van der Waals surface area contributed by atoms with Gasteiger partial charge in [-0.25, -0.2) is 0 Å². The van der Waals surface area contributed by atoms with E-state index in [4.69, 9.17) is 10.2 Å². The third kappa shape index (κ3) is 2.93. The number of likely N-dealkylation sites (tertiary alicyclic amines) is 1. The highest BCUT2D eigenvalue weighted by Crippen LogP contribution is 2.34. The summed E-state index contributed by atoms with van der Waals surface area (Å²) in [6.45, 7) is 5.07. The zero-order valence-electron chi connectivity index (χ0n) is 14.6. The van der Waals surface area contributed by atoms with Gasteiger partial charge in [-0.1, -0.05) is 18.2 Å². The number of para-hydroxylation sites is 1. The van der Waals surface area contributed by atoms with Crippen LogP contribution in [-0.4, -0.2) is 36.5 Å². The molecule has 0 radical (unpaired) electrons. The van der Waals surface area contributed by atoms with E-state index in [1.807, 2.05) is 11.0 Å². The van der Waals surface area contributed by atoms with Gasteiger partial charge < -0.3 is 20.0 Å². The lowest BCUT2D eigenvalue weighted by molar-refractivity contribution is 0.0754. The fourth-order valence-corrected chi connectivity index (χ4v) is 4.05. The van der Waals surface area contributed by atoms with E-state index >= 15 is 0 Å². The fraction of sp³-hybridized carbons (Fsp3) is 0.450. The largest absolute Gasteiger partial charge is 0.459 e. The Bertz CT molecular complexity index is 770. The first-order chi connectivity index (χ1) is 12.2. The van der Waals surface area contributed by atoms with Gasteiger partial charge in [0.2, 0.25) is 0 Å². The Labute approximate surface area is 148 Å². The van der Waals surface area contributed by atoms with Gasteiger partial charge in [0.05, 0.1) is 6.26 Å². The van der Waals surface area contributed by atoms with Gasteiger partial charge in [0.25, 0.3) is 5.91 Å². The molecule has 0 spiro atoms. The van der Waals surface area contributed by atoms with Gasteiger partial charge in [-0.05, 0) is 49.9 Å². The maximum absolute atomic E-state index is 12.9. The summed E-state index contributed by atoms with van der Waals surface area (Å²) in [5.41, 5.74) is 9.34. The summed E-state index contributed by atoms with van der Waals surface area (Å²) in [4.78, 5) is 17.1. The Balaban J connectivity index is 1.54. The molecule has 1 amide bonds. The van der Waals surface area contributed by atoms with Gasteiger partial charge in [-0.2, -0.15) is 0 Å². The van der Waals surface area contributed by atoms with Gasteiger partial charge in [0.1, 0.15) is 0 Å². The number of fused-ring (bicyclic) bond motifs is 1. The lowest BCUT2D eigenvalue weighted by atomic mass is 10.1. The number of carbonyl (C=O) groups excluding carboxylic acids is 1. The average molecular weight is 339 g/mol. The van der Waals surface area contributed by atoms with Crippen molar-refractivity contribution < 1.29 is 9.21 Å². The summed E-state index contributed by atoms with van der Waals surface area (Å²) in [6.07, 6.45) is 3.65. The smallest absolute Gasteiger partial charge is 0.289 e. The van der Waals surface area contributed by atoms with Crippen molar-refractivity contribution in [3.63, 3.8) is 0 Å². The van der Waals surface area contributed by atoms with Crippen LogP contribution in [0.3, 0.4) is 0 Å². The van der Waals surface area contributed by atoms with Crippen molar-refractivity contribution in [2.24, 2.45) is 11.7 Å². The third-order valence-electron chi connectivity index (χ3n) is 5.54. The minimum absolute atomic E-state index is 0.00362. The molecular weight excluding hydrogens is 314 g/mol. The highest BCUT2D eigenvalue weighted by atomic mass is 16.3. The summed E-state index contributed by atoms with van der Waals surface area (Å²) < 4.78 is 5.59. The molecule has 2 aromatic rings. The molecule has 4 rings (SSSR count). The molecule has 0 bridgehead atoms. The Kier molecular flexibility index (Phi) is 4.25. The first-order valence-corrected chi connectivity index (χ1v) is 9.07. The van der Waals surface area contributed by atoms with Gasteiger partial charge in [-0.3, -0.25) is 4.79 Å². The number of carbonyl (C=O) groups is 1. The molecule has 1 aromatic heterocycles. The van der Waals surface area contributed by atoms with Crippen LogP contribution in [0.5, 0.6) is 0 Å². The highest BCUT2D eigenvalue weighted by molar-refractivity contribution is 5.93. The number of anilines is 1. The Morgan fingerprint density at radius 2 is 2.16 bits per heavy atom. The fourth-order valence-electron chi connectivity index (χ4n) is 4.05. The van der Waals surface area contributed by atoms with Crippen LogP contribution in [0.4, 0.5) is 5.69 Å². The second-order valence-corrected chi connectivity index (χ2v) is 7.23. The second-order valence-electron chi connectivity index (χ2n) is 7.23. The zero-order chi connectivity index (χ0) is 17.4. The predicted octanol–water partition coefficient (Wildman–Crippen LogP) is 2.65.